The van der Waals surface area contributed by atoms with Gasteiger partial charge in [0, 0.05) is 24.7 Å². The Labute approximate surface area is 144 Å². The highest BCUT2D eigenvalue weighted by atomic mass is 16.5. The number of likely N-dealkylation sites (N-methyl/N-ethyl adjacent to an activating group) is 1. The van der Waals surface area contributed by atoms with Crippen molar-refractivity contribution < 1.29 is 19.0 Å². The van der Waals surface area contributed by atoms with Crippen molar-refractivity contribution in [2.75, 3.05) is 47.5 Å². The van der Waals surface area contributed by atoms with Crippen LogP contribution < -0.4 is 14.2 Å². The number of hydrogen-bond acceptors (Lipinski definition) is 5. The summed E-state index contributed by atoms with van der Waals surface area (Å²) in [5.74, 6) is 1.50. The molecule has 1 aromatic carbocycles. The molecule has 24 heavy (non-hydrogen) atoms. The molecule has 0 aromatic heterocycles. The fraction of sp³-hybridized carbons (Fsp3) is 0.611. The molecular formula is C18H28N2O4. The molecule has 6 nitrogen and oxygen atoms in total. The minimum Gasteiger partial charge on any atom is -0.493 e. The molecule has 0 aliphatic carbocycles. The molecule has 0 bridgehead atoms. The van der Waals surface area contributed by atoms with E-state index in [0.717, 1.165) is 32.6 Å². The lowest BCUT2D eigenvalue weighted by atomic mass is 10.1. The SMILES string of the molecule is CCN(CC)C1CCN(C(=O)c2cc(OC)c(OC)c(OC)c2)C1. The van der Waals surface area contributed by atoms with Crippen LogP contribution >= 0.6 is 0 Å². The van der Waals surface area contributed by atoms with Crippen molar-refractivity contribution in [3.05, 3.63) is 17.7 Å². The van der Waals surface area contributed by atoms with E-state index in [1.807, 2.05) is 4.90 Å². The fourth-order valence-electron chi connectivity index (χ4n) is 3.35. The first kappa shape index (κ1) is 18.4. The summed E-state index contributed by atoms with van der Waals surface area (Å²) in [4.78, 5) is 17.2. The Morgan fingerprint density at radius 2 is 1.71 bits per heavy atom. The minimum atomic E-state index is 0.00362. The molecule has 1 atom stereocenters. The van der Waals surface area contributed by atoms with Crippen LogP contribution in [0.25, 0.3) is 0 Å². The second-order valence-electron chi connectivity index (χ2n) is 5.83. The molecule has 0 spiro atoms. The Morgan fingerprint density at radius 1 is 1.12 bits per heavy atom. The van der Waals surface area contributed by atoms with E-state index >= 15 is 0 Å². The molecule has 1 saturated heterocycles. The molecule has 1 heterocycles. The Balaban J connectivity index is 2.21. The van der Waals surface area contributed by atoms with Gasteiger partial charge in [0.15, 0.2) is 11.5 Å². The lowest BCUT2D eigenvalue weighted by Crippen LogP contribution is -2.38. The Morgan fingerprint density at radius 3 is 2.17 bits per heavy atom. The van der Waals surface area contributed by atoms with E-state index in [1.165, 1.54) is 0 Å². The summed E-state index contributed by atoms with van der Waals surface area (Å²) in [5.41, 5.74) is 0.560. The Hall–Kier alpha value is -1.95. The molecule has 1 fully saturated rings. The zero-order valence-corrected chi connectivity index (χ0v) is 15.3. The van der Waals surface area contributed by atoms with E-state index in [0.29, 0.717) is 28.9 Å². The highest BCUT2D eigenvalue weighted by molar-refractivity contribution is 5.95. The van der Waals surface area contributed by atoms with E-state index in [-0.39, 0.29) is 5.91 Å². The number of likely N-dealkylation sites (tertiary alicyclic amines) is 1. The molecule has 2 rings (SSSR count). The van der Waals surface area contributed by atoms with Gasteiger partial charge in [0.1, 0.15) is 0 Å². The number of nitrogens with zero attached hydrogens (tertiary/aromatic N) is 2. The summed E-state index contributed by atoms with van der Waals surface area (Å²) >= 11 is 0. The summed E-state index contributed by atoms with van der Waals surface area (Å²) in [7, 11) is 4.66. The lowest BCUT2D eigenvalue weighted by Gasteiger charge is -2.26. The molecule has 6 heteroatoms. The third-order valence-corrected chi connectivity index (χ3v) is 4.69. The summed E-state index contributed by atoms with van der Waals surface area (Å²) in [6, 6.07) is 3.87. The van der Waals surface area contributed by atoms with Gasteiger partial charge in [-0.3, -0.25) is 9.69 Å². The summed E-state index contributed by atoms with van der Waals surface area (Å²) in [6.45, 7) is 7.87. The zero-order valence-electron chi connectivity index (χ0n) is 15.3. The van der Waals surface area contributed by atoms with E-state index in [2.05, 4.69) is 18.7 Å². The second-order valence-corrected chi connectivity index (χ2v) is 5.83. The third-order valence-electron chi connectivity index (χ3n) is 4.69. The third kappa shape index (κ3) is 3.59. The van der Waals surface area contributed by atoms with Crippen molar-refractivity contribution in [2.45, 2.75) is 26.3 Å². The molecule has 0 saturated carbocycles. The molecule has 1 aromatic rings. The van der Waals surface area contributed by atoms with Crippen LogP contribution in [0.1, 0.15) is 30.6 Å². The topological polar surface area (TPSA) is 51.2 Å². The van der Waals surface area contributed by atoms with Crippen LogP contribution in [0.15, 0.2) is 12.1 Å². The maximum absolute atomic E-state index is 12.9. The summed E-state index contributed by atoms with van der Waals surface area (Å²) in [6.07, 6.45) is 1.01. The standard InChI is InChI=1S/C18H28N2O4/c1-6-19(7-2)14-8-9-20(12-14)18(21)13-10-15(22-3)17(24-5)16(11-13)23-4/h10-11,14H,6-9,12H2,1-5H3. The molecule has 1 unspecified atom stereocenters. The Kier molecular flexibility index (Phi) is 6.31. The minimum absolute atomic E-state index is 0.00362. The van der Waals surface area contributed by atoms with E-state index in [9.17, 15) is 4.79 Å². The van der Waals surface area contributed by atoms with E-state index in [1.54, 1.807) is 33.5 Å². The average molecular weight is 336 g/mol. The Bertz CT molecular complexity index is 547. The largest absolute Gasteiger partial charge is 0.493 e. The van der Waals surface area contributed by atoms with Crippen molar-refractivity contribution in [2.24, 2.45) is 0 Å². The van der Waals surface area contributed by atoms with Crippen molar-refractivity contribution in [1.82, 2.24) is 9.80 Å². The first-order valence-electron chi connectivity index (χ1n) is 8.42. The quantitative estimate of drug-likeness (QED) is 0.764. The highest BCUT2D eigenvalue weighted by Crippen LogP contribution is 2.38. The van der Waals surface area contributed by atoms with Crippen molar-refractivity contribution in [3.63, 3.8) is 0 Å². The van der Waals surface area contributed by atoms with Gasteiger partial charge in [0.05, 0.1) is 21.3 Å². The van der Waals surface area contributed by atoms with Crippen molar-refractivity contribution in [3.8, 4) is 17.2 Å². The number of benzene rings is 1. The van der Waals surface area contributed by atoms with Crippen molar-refractivity contribution >= 4 is 5.91 Å². The number of rotatable bonds is 7. The van der Waals surface area contributed by atoms with Gasteiger partial charge < -0.3 is 19.1 Å². The molecule has 1 amide bonds. The van der Waals surface area contributed by atoms with Crippen LogP contribution in [0.5, 0.6) is 17.2 Å². The predicted octanol–water partition coefficient (Wildman–Crippen LogP) is 2.27. The van der Waals surface area contributed by atoms with Crippen LogP contribution in [-0.4, -0.2) is 69.3 Å². The fourth-order valence-corrected chi connectivity index (χ4v) is 3.35. The van der Waals surface area contributed by atoms with Crippen LogP contribution in [0.3, 0.4) is 0 Å². The van der Waals surface area contributed by atoms with Crippen LogP contribution in [0, 0.1) is 0 Å². The van der Waals surface area contributed by atoms with Crippen LogP contribution in [0.4, 0.5) is 0 Å². The van der Waals surface area contributed by atoms with Gasteiger partial charge in [-0.2, -0.15) is 0 Å². The van der Waals surface area contributed by atoms with Gasteiger partial charge in [-0.1, -0.05) is 13.8 Å². The smallest absolute Gasteiger partial charge is 0.254 e. The van der Waals surface area contributed by atoms with Gasteiger partial charge in [-0.15, -0.1) is 0 Å². The molecule has 1 aliphatic heterocycles. The first-order valence-corrected chi connectivity index (χ1v) is 8.42. The summed E-state index contributed by atoms with van der Waals surface area (Å²) < 4.78 is 16.0. The van der Waals surface area contributed by atoms with E-state index < -0.39 is 0 Å². The number of amides is 1. The number of hydrogen-bond donors (Lipinski definition) is 0. The van der Waals surface area contributed by atoms with Crippen molar-refractivity contribution in [1.29, 1.82) is 0 Å². The van der Waals surface area contributed by atoms with Gasteiger partial charge in [0.25, 0.3) is 5.91 Å². The van der Waals surface area contributed by atoms with Gasteiger partial charge >= 0.3 is 0 Å². The normalized spacial score (nSPS) is 17.2. The average Bonchev–Trinajstić information content (AvgIpc) is 3.10. The summed E-state index contributed by atoms with van der Waals surface area (Å²) in [5, 5.41) is 0. The van der Waals surface area contributed by atoms with Crippen LogP contribution in [-0.2, 0) is 0 Å². The van der Waals surface area contributed by atoms with Gasteiger partial charge in [0.2, 0.25) is 5.75 Å². The number of methoxy groups -OCH3 is 3. The number of carbonyl (C=O) groups is 1. The molecule has 1 aliphatic rings. The molecule has 134 valence electrons. The maximum Gasteiger partial charge on any atom is 0.254 e. The maximum atomic E-state index is 12.9. The molecule has 0 N–H and O–H groups in total. The van der Waals surface area contributed by atoms with Crippen LogP contribution in [0.2, 0.25) is 0 Å². The lowest BCUT2D eigenvalue weighted by molar-refractivity contribution is 0.0777. The zero-order chi connectivity index (χ0) is 17.7. The van der Waals surface area contributed by atoms with E-state index in [4.69, 9.17) is 14.2 Å². The van der Waals surface area contributed by atoms with Gasteiger partial charge in [-0.25, -0.2) is 0 Å². The number of carbonyl (C=O) groups excluding carboxylic acids is 1. The highest BCUT2D eigenvalue weighted by Gasteiger charge is 2.30. The molecule has 0 radical (unpaired) electrons. The predicted molar refractivity (Wildman–Crippen MR) is 93.3 cm³/mol. The molecular weight excluding hydrogens is 308 g/mol. The van der Waals surface area contributed by atoms with Gasteiger partial charge in [-0.05, 0) is 31.6 Å². The second kappa shape index (κ2) is 8.24. The first-order chi connectivity index (χ1) is 11.6. The monoisotopic (exact) mass is 336 g/mol. The number of ether oxygens (including phenoxy) is 3.